The molecule has 0 bridgehead atoms. The smallest absolute Gasteiger partial charge is 0.240 e. The van der Waals surface area contributed by atoms with Crippen molar-refractivity contribution in [1.82, 2.24) is 5.43 Å². The highest BCUT2D eigenvalue weighted by Crippen LogP contribution is 2.36. The fraction of sp³-hybridized carbons (Fsp3) is 0.250. The lowest BCUT2D eigenvalue weighted by Gasteiger charge is -2.06. The largest absolute Gasteiger partial charge is 0.506 e. The molecule has 0 saturated carbocycles. The summed E-state index contributed by atoms with van der Waals surface area (Å²) < 4.78 is 0. The molecule has 0 unspecified atom stereocenters. The van der Waals surface area contributed by atoms with Crippen LogP contribution in [0, 0.1) is 0 Å². The zero-order valence-corrected chi connectivity index (χ0v) is 19.1. The number of benzene rings is 3. The Morgan fingerprint density at radius 1 is 0.824 bits per heavy atom. The number of aromatic hydroxyl groups is 1. The van der Waals surface area contributed by atoms with Crippen LogP contribution in [-0.4, -0.2) is 23.1 Å². The number of amides is 2. The predicted molar refractivity (Wildman–Crippen MR) is 135 cm³/mol. The van der Waals surface area contributed by atoms with Gasteiger partial charge in [0, 0.05) is 12.8 Å². The predicted octanol–water partition coefficient (Wildman–Crippen LogP) is 5.39. The zero-order valence-electron chi connectivity index (χ0n) is 19.1. The molecule has 0 radical (unpaired) electrons. The average Bonchev–Trinajstić information content (AvgIpc) is 3.20. The Morgan fingerprint density at radius 3 is 2.35 bits per heavy atom. The van der Waals surface area contributed by atoms with E-state index in [0.29, 0.717) is 18.5 Å². The molecular weight excluding hydrogens is 426 g/mol. The van der Waals surface area contributed by atoms with Crippen molar-refractivity contribution in [3.8, 4) is 16.9 Å². The quantitative estimate of drug-likeness (QED) is 0.130. The number of anilines is 1. The van der Waals surface area contributed by atoms with Gasteiger partial charge in [-0.3, -0.25) is 9.59 Å². The van der Waals surface area contributed by atoms with Crippen molar-refractivity contribution in [2.45, 2.75) is 44.9 Å². The molecule has 3 N–H and O–H groups in total. The number of nitrogens with one attached hydrogen (secondary N) is 2. The highest BCUT2D eigenvalue weighted by Gasteiger charge is 2.17. The molecule has 4 rings (SSSR count). The van der Waals surface area contributed by atoms with Gasteiger partial charge < -0.3 is 10.4 Å². The van der Waals surface area contributed by atoms with Gasteiger partial charge in [-0.1, -0.05) is 61.4 Å². The fourth-order valence-corrected chi connectivity index (χ4v) is 4.20. The summed E-state index contributed by atoms with van der Waals surface area (Å²) in [5.74, 6) is -0.169. The van der Waals surface area contributed by atoms with Crippen molar-refractivity contribution in [2.75, 3.05) is 5.32 Å². The molecule has 0 heterocycles. The van der Waals surface area contributed by atoms with E-state index < -0.39 is 0 Å². The first kappa shape index (κ1) is 23.2. The number of phenolic OH excluding ortho intramolecular Hbond substituents is 1. The maximum atomic E-state index is 12.0. The third kappa shape index (κ3) is 6.10. The molecule has 0 aromatic heterocycles. The Kier molecular flexibility index (Phi) is 7.71. The Balaban J connectivity index is 1.10. The van der Waals surface area contributed by atoms with Crippen LogP contribution in [0.5, 0.6) is 5.75 Å². The number of carbonyl (C=O) groups excluding carboxylic acids is 2. The number of hydrogen-bond donors (Lipinski definition) is 3. The topological polar surface area (TPSA) is 90.8 Å². The highest BCUT2D eigenvalue weighted by atomic mass is 16.3. The van der Waals surface area contributed by atoms with Crippen molar-refractivity contribution < 1.29 is 14.7 Å². The molecule has 0 fully saturated rings. The Hall–Kier alpha value is -3.93. The van der Waals surface area contributed by atoms with Gasteiger partial charge in [-0.15, -0.1) is 0 Å². The molecule has 174 valence electrons. The lowest BCUT2D eigenvalue weighted by Crippen LogP contribution is -2.17. The van der Waals surface area contributed by atoms with E-state index in [9.17, 15) is 14.7 Å². The van der Waals surface area contributed by atoms with Crippen molar-refractivity contribution in [3.63, 3.8) is 0 Å². The van der Waals surface area contributed by atoms with Crippen molar-refractivity contribution in [2.24, 2.45) is 5.10 Å². The second kappa shape index (κ2) is 11.3. The molecule has 0 aliphatic heterocycles. The number of unbranched alkanes of at least 4 members (excludes halogenated alkanes) is 3. The Labute approximate surface area is 199 Å². The number of fused-ring (bicyclic) bond motifs is 3. The second-order valence-electron chi connectivity index (χ2n) is 8.52. The second-order valence-corrected chi connectivity index (χ2v) is 8.52. The summed E-state index contributed by atoms with van der Waals surface area (Å²) >= 11 is 0. The van der Waals surface area contributed by atoms with Gasteiger partial charge in [-0.25, -0.2) is 5.43 Å². The first-order chi connectivity index (χ1) is 16.6. The Morgan fingerprint density at radius 2 is 1.53 bits per heavy atom. The number of hydrazone groups is 1. The third-order valence-electron chi connectivity index (χ3n) is 5.96. The first-order valence-electron chi connectivity index (χ1n) is 11.7. The molecule has 0 atom stereocenters. The molecule has 3 aromatic carbocycles. The van der Waals surface area contributed by atoms with Crippen LogP contribution in [-0.2, 0) is 16.0 Å². The number of phenols is 1. The summed E-state index contributed by atoms with van der Waals surface area (Å²) in [6.45, 7) is 0. The standard InChI is InChI=1S/C28H29N3O3/c32-26-12-8-7-11-25(26)30-27(33)13-3-1-2-4-14-28(34)31-29-19-20-15-16-24-22(17-20)18-21-9-5-6-10-23(21)24/h5-12,15-17,19,32H,1-4,13-14,18H2,(H,30,33)(H,31,34)/b29-19+. The Bertz CT molecular complexity index is 1200. The molecule has 2 amide bonds. The van der Waals surface area contributed by atoms with Crippen molar-refractivity contribution in [3.05, 3.63) is 83.4 Å². The van der Waals surface area contributed by atoms with Gasteiger partial charge >= 0.3 is 0 Å². The molecule has 1 aliphatic rings. The summed E-state index contributed by atoms with van der Waals surface area (Å²) in [6, 6.07) is 21.4. The van der Waals surface area contributed by atoms with Crippen LogP contribution in [0.4, 0.5) is 5.69 Å². The molecule has 3 aromatic rings. The summed E-state index contributed by atoms with van der Waals surface area (Å²) in [4.78, 5) is 24.0. The van der Waals surface area contributed by atoms with Crippen molar-refractivity contribution in [1.29, 1.82) is 0 Å². The minimum atomic E-state index is -0.121. The summed E-state index contributed by atoms with van der Waals surface area (Å²) in [5, 5.41) is 16.5. The van der Waals surface area contributed by atoms with E-state index in [0.717, 1.165) is 37.7 Å². The monoisotopic (exact) mass is 455 g/mol. The van der Waals surface area contributed by atoms with Crippen LogP contribution in [0.25, 0.3) is 11.1 Å². The first-order valence-corrected chi connectivity index (χ1v) is 11.7. The van der Waals surface area contributed by atoms with E-state index in [2.05, 4.69) is 52.2 Å². The van der Waals surface area contributed by atoms with Gasteiger partial charge in [-0.2, -0.15) is 5.10 Å². The van der Waals surface area contributed by atoms with E-state index in [4.69, 9.17) is 0 Å². The van der Waals surface area contributed by atoms with Crippen LogP contribution in [0.1, 0.15) is 55.2 Å². The van der Waals surface area contributed by atoms with Gasteiger partial charge in [0.05, 0.1) is 11.9 Å². The van der Waals surface area contributed by atoms with Crippen LogP contribution in [0.3, 0.4) is 0 Å². The molecule has 6 nitrogen and oxygen atoms in total. The molecule has 0 spiro atoms. The normalized spacial score (nSPS) is 11.8. The molecular formula is C28H29N3O3. The summed E-state index contributed by atoms with van der Waals surface area (Å²) in [7, 11) is 0. The zero-order chi connectivity index (χ0) is 23.8. The number of carbonyl (C=O) groups is 2. The number of para-hydroxylation sites is 2. The minimum absolute atomic E-state index is 0.0614. The van der Waals surface area contributed by atoms with Crippen LogP contribution < -0.4 is 10.7 Å². The average molecular weight is 456 g/mol. The molecule has 6 heteroatoms. The van der Waals surface area contributed by atoms with Gasteiger partial charge in [0.2, 0.25) is 11.8 Å². The van der Waals surface area contributed by atoms with Crippen LogP contribution in [0.15, 0.2) is 71.8 Å². The van der Waals surface area contributed by atoms with Crippen molar-refractivity contribution >= 4 is 23.7 Å². The van der Waals surface area contributed by atoms with E-state index in [-0.39, 0.29) is 17.6 Å². The summed E-state index contributed by atoms with van der Waals surface area (Å²) in [5.41, 5.74) is 9.19. The number of rotatable bonds is 10. The lowest BCUT2D eigenvalue weighted by molar-refractivity contribution is -0.121. The van der Waals surface area contributed by atoms with Gasteiger partial charge in [-0.05, 0) is 65.3 Å². The SMILES string of the molecule is O=C(CCCCCCC(=O)Nc1ccccc1O)N/N=C/c1ccc2c(c1)Cc1ccccc1-2. The summed E-state index contributed by atoms with van der Waals surface area (Å²) in [6.07, 6.45) is 6.62. The van der Waals surface area contributed by atoms with E-state index in [1.807, 2.05) is 6.07 Å². The third-order valence-corrected chi connectivity index (χ3v) is 5.96. The lowest BCUT2D eigenvalue weighted by atomic mass is 10.0. The number of nitrogens with zero attached hydrogens (tertiary/aromatic N) is 1. The molecule has 34 heavy (non-hydrogen) atoms. The van der Waals surface area contributed by atoms with Gasteiger partial charge in [0.15, 0.2) is 0 Å². The van der Waals surface area contributed by atoms with Crippen LogP contribution >= 0.6 is 0 Å². The van der Waals surface area contributed by atoms with E-state index in [1.54, 1.807) is 24.4 Å². The fourth-order valence-electron chi connectivity index (χ4n) is 4.20. The maximum absolute atomic E-state index is 12.0. The van der Waals surface area contributed by atoms with Crippen LogP contribution in [0.2, 0.25) is 0 Å². The maximum Gasteiger partial charge on any atom is 0.240 e. The molecule has 0 saturated heterocycles. The van der Waals surface area contributed by atoms with E-state index in [1.165, 1.54) is 28.3 Å². The minimum Gasteiger partial charge on any atom is -0.506 e. The van der Waals surface area contributed by atoms with E-state index >= 15 is 0 Å². The van der Waals surface area contributed by atoms with Gasteiger partial charge in [0.1, 0.15) is 5.75 Å². The highest BCUT2D eigenvalue weighted by molar-refractivity contribution is 5.92. The van der Waals surface area contributed by atoms with Gasteiger partial charge in [0.25, 0.3) is 0 Å². The number of hydrogen-bond acceptors (Lipinski definition) is 4. The molecule has 1 aliphatic carbocycles.